The van der Waals surface area contributed by atoms with Gasteiger partial charge in [0.15, 0.2) is 0 Å². The maximum Gasteiger partial charge on any atom is 0.142 e. The number of rotatable bonds is 3. The third-order valence-corrected chi connectivity index (χ3v) is 3.68. The van der Waals surface area contributed by atoms with E-state index in [1.54, 1.807) is 0 Å². The fourth-order valence-electron chi connectivity index (χ4n) is 1.96. The number of hydrogen-bond acceptors (Lipinski definition) is 1. The highest BCUT2D eigenvalue weighted by Crippen LogP contribution is 2.33. The molecule has 1 saturated carbocycles. The fraction of sp³-hybridized carbons (Fsp3) is 0.500. The Balaban J connectivity index is 2.17. The second-order valence-corrected chi connectivity index (χ2v) is 4.85. The van der Waals surface area contributed by atoms with Gasteiger partial charge in [-0.3, -0.25) is 0 Å². The molecule has 0 spiro atoms. The third kappa shape index (κ3) is 2.67. The molecule has 0 aromatic heterocycles. The number of hydrogen-bond donors (Lipinski definition) is 0. The molecule has 1 nitrogen and oxygen atoms in total. The molecule has 0 bridgehead atoms. The topological polar surface area (TPSA) is 9.23 Å². The van der Waals surface area contributed by atoms with Gasteiger partial charge in [-0.2, -0.15) is 0 Å². The minimum Gasteiger partial charge on any atom is -0.489 e. The molecule has 2 rings (SSSR count). The molecule has 0 unspecified atom stereocenters. The Morgan fingerprint density at radius 2 is 2.07 bits per heavy atom. The Bertz CT molecular complexity index is 334. The average molecular weight is 290 g/mol. The van der Waals surface area contributed by atoms with Crippen molar-refractivity contribution in [1.82, 2.24) is 0 Å². The smallest absolute Gasteiger partial charge is 0.142 e. The highest BCUT2D eigenvalue weighted by molar-refractivity contribution is 9.08. The molecule has 0 aliphatic heterocycles. The van der Waals surface area contributed by atoms with Gasteiger partial charge in [0.2, 0.25) is 0 Å². The van der Waals surface area contributed by atoms with Gasteiger partial charge in [-0.1, -0.05) is 39.7 Å². The molecule has 0 radical (unpaired) electrons. The molecule has 0 amide bonds. The van der Waals surface area contributed by atoms with Crippen LogP contribution in [0.1, 0.15) is 31.2 Å². The molecule has 1 aliphatic rings. The maximum absolute atomic E-state index is 6.14. The van der Waals surface area contributed by atoms with E-state index in [2.05, 4.69) is 15.9 Å². The zero-order valence-electron chi connectivity index (χ0n) is 8.51. The Hall–Kier alpha value is -0.210. The predicted molar refractivity (Wildman–Crippen MR) is 67.0 cm³/mol. The third-order valence-electron chi connectivity index (χ3n) is 2.78. The van der Waals surface area contributed by atoms with Crippen LogP contribution in [0.3, 0.4) is 0 Å². The van der Waals surface area contributed by atoms with E-state index in [-0.39, 0.29) is 0 Å². The van der Waals surface area contributed by atoms with Crippen LogP contribution in [0.15, 0.2) is 18.2 Å². The Morgan fingerprint density at radius 3 is 2.73 bits per heavy atom. The summed E-state index contributed by atoms with van der Waals surface area (Å²) in [6.07, 6.45) is 5.24. The first-order chi connectivity index (χ1) is 7.31. The van der Waals surface area contributed by atoms with E-state index in [9.17, 15) is 0 Å². The molecule has 0 heterocycles. The quantitative estimate of drug-likeness (QED) is 0.741. The van der Waals surface area contributed by atoms with E-state index in [0.29, 0.717) is 6.10 Å². The van der Waals surface area contributed by atoms with Gasteiger partial charge in [0.1, 0.15) is 5.75 Å². The van der Waals surface area contributed by atoms with Crippen molar-refractivity contribution in [3.05, 3.63) is 28.8 Å². The summed E-state index contributed by atoms with van der Waals surface area (Å²) in [5.74, 6) is 0.864. The lowest BCUT2D eigenvalue weighted by molar-refractivity contribution is 0.208. The monoisotopic (exact) mass is 288 g/mol. The van der Waals surface area contributed by atoms with Crippen LogP contribution in [0.2, 0.25) is 5.02 Å². The van der Waals surface area contributed by atoms with Crippen LogP contribution in [0.4, 0.5) is 0 Å². The van der Waals surface area contributed by atoms with Crippen LogP contribution < -0.4 is 4.74 Å². The number of alkyl halides is 1. The molecule has 1 aromatic rings. The normalized spacial score (nSPS) is 16.9. The van der Waals surface area contributed by atoms with Gasteiger partial charge < -0.3 is 4.74 Å². The molecule has 1 aliphatic carbocycles. The van der Waals surface area contributed by atoms with Gasteiger partial charge >= 0.3 is 0 Å². The molecule has 3 heteroatoms. The second-order valence-electron chi connectivity index (χ2n) is 3.89. The van der Waals surface area contributed by atoms with Crippen molar-refractivity contribution in [1.29, 1.82) is 0 Å². The summed E-state index contributed by atoms with van der Waals surface area (Å²) >= 11 is 9.59. The van der Waals surface area contributed by atoms with Gasteiger partial charge in [0.05, 0.1) is 11.1 Å². The number of ether oxygens (including phenoxy) is 1. The van der Waals surface area contributed by atoms with E-state index in [1.165, 1.54) is 12.8 Å². The first-order valence-electron chi connectivity index (χ1n) is 5.31. The SMILES string of the molecule is Clc1cccc(CBr)c1OC1CCCC1. The Morgan fingerprint density at radius 1 is 1.33 bits per heavy atom. The molecule has 82 valence electrons. The zero-order valence-corrected chi connectivity index (χ0v) is 10.9. The lowest BCUT2D eigenvalue weighted by atomic mass is 10.2. The maximum atomic E-state index is 6.14. The fourth-order valence-corrected chi connectivity index (χ4v) is 2.64. The highest BCUT2D eigenvalue weighted by Gasteiger charge is 2.19. The number of benzene rings is 1. The molecular weight excluding hydrogens is 275 g/mol. The van der Waals surface area contributed by atoms with Crippen molar-refractivity contribution in [3.8, 4) is 5.75 Å². The van der Waals surface area contributed by atoms with Crippen molar-refractivity contribution >= 4 is 27.5 Å². The summed E-state index contributed by atoms with van der Waals surface area (Å²) < 4.78 is 5.97. The van der Waals surface area contributed by atoms with Crippen molar-refractivity contribution in [3.63, 3.8) is 0 Å². The van der Waals surface area contributed by atoms with Crippen LogP contribution in [-0.2, 0) is 5.33 Å². The van der Waals surface area contributed by atoms with Crippen LogP contribution in [0, 0.1) is 0 Å². The average Bonchev–Trinajstić information content (AvgIpc) is 2.74. The standard InChI is InChI=1S/C12H14BrClO/c13-8-9-4-3-7-11(14)12(9)15-10-5-1-2-6-10/h3-4,7,10H,1-2,5-6,8H2. The molecule has 1 fully saturated rings. The highest BCUT2D eigenvalue weighted by atomic mass is 79.9. The van der Waals surface area contributed by atoms with Crippen LogP contribution in [0.25, 0.3) is 0 Å². The molecule has 0 atom stereocenters. The van der Waals surface area contributed by atoms with Crippen molar-refractivity contribution in [2.75, 3.05) is 0 Å². The first-order valence-corrected chi connectivity index (χ1v) is 6.81. The molecule has 0 N–H and O–H groups in total. The largest absolute Gasteiger partial charge is 0.489 e. The summed E-state index contributed by atoms with van der Waals surface area (Å²) in [5.41, 5.74) is 1.13. The van der Waals surface area contributed by atoms with Crippen LogP contribution >= 0.6 is 27.5 Å². The summed E-state index contributed by atoms with van der Waals surface area (Å²) in [6, 6.07) is 5.89. The predicted octanol–water partition coefficient (Wildman–Crippen LogP) is 4.56. The summed E-state index contributed by atoms with van der Waals surface area (Å²) in [5, 5.41) is 1.51. The summed E-state index contributed by atoms with van der Waals surface area (Å²) in [4.78, 5) is 0. The van der Waals surface area contributed by atoms with Crippen LogP contribution in [-0.4, -0.2) is 6.10 Å². The lowest BCUT2D eigenvalue weighted by Crippen LogP contribution is -2.12. The number of halogens is 2. The molecule has 1 aromatic carbocycles. The number of para-hydroxylation sites is 1. The van der Waals surface area contributed by atoms with Gasteiger partial charge in [-0.05, 0) is 31.7 Å². The van der Waals surface area contributed by atoms with Gasteiger partial charge in [0.25, 0.3) is 0 Å². The van der Waals surface area contributed by atoms with E-state index in [0.717, 1.165) is 34.5 Å². The zero-order chi connectivity index (χ0) is 10.7. The van der Waals surface area contributed by atoms with Gasteiger partial charge in [0, 0.05) is 10.9 Å². The second kappa shape index (κ2) is 5.22. The molecule has 15 heavy (non-hydrogen) atoms. The summed E-state index contributed by atoms with van der Waals surface area (Å²) in [7, 11) is 0. The van der Waals surface area contributed by atoms with Crippen LogP contribution in [0.5, 0.6) is 5.75 Å². The van der Waals surface area contributed by atoms with Crippen molar-refractivity contribution in [2.45, 2.75) is 37.1 Å². The summed E-state index contributed by atoms with van der Waals surface area (Å²) in [6.45, 7) is 0. The first kappa shape index (κ1) is 11.3. The Labute approximate surface area is 104 Å². The lowest BCUT2D eigenvalue weighted by Gasteiger charge is -2.16. The van der Waals surface area contributed by atoms with Crippen molar-refractivity contribution < 1.29 is 4.74 Å². The van der Waals surface area contributed by atoms with E-state index < -0.39 is 0 Å². The van der Waals surface area contributed by atoms with E-state index in [1.807, 2.05) is 18.2 Å². The van der Waals surface area contributed by atoms with Gasteiger partial charge in [-0.25, -0.2) is 0 Å². The van der Waals surface area contributed by atoms with E-state index in [4.69, 9.17) is 16.3 Å². The minimum absolute atomic E-state index is 0.364. The van der Waals surface area contributed by atoms with E-state index >= 15 is 0 Å². The molecular formula is C12H14BrClO. The van der Waals surface area contributed by atoms with Crippen molar-refractivity contribution in [2.24, 2.45) is 0 Å². The minimum atomic E-state index is 0.364. The molecule has 0 saturated heterocycles. The Kier molecular flexibility index (Phi) is 3.92. The van der Waals surface area contributed by atoms with Gasteiger partial charge in [-0.15, -0.1) is 0 Å².